The van der Waals surface area contributed by atoms with Gasteiger partial charge in [-0.2, -0.15) is 0 Å². The molecule has 1 aliphatic rings. The molecule has 6 nitrogen and oxygen atoms in total. The molecule has 1 aliphatic heterocycles. The molecule has 0 spiro atoms. The van der Waals surface area contributed by atoms with E-state index >= 15 is 0 Å². The van der Waals surface area contributed by atoms with E-state index in [1.54, 1.807) is 0 Å². The van der Waals surface area contributed by atoms with E-state index in [0.29, 0.717) is 26.4 Å². The molecule has 1 fully saturated rings. The molecular formula is C27H30I2O6. The molecule has 0 radical (unpaired) electrons. The first-order chi connectivity index (χ1) is 17.1. The highest BCUT2D eigenvalue weighted by Gasteiger charge is 2.23. The first-order valence-electron chi connectivity index (χ1n) is 11.3. The molecular weight excluding hydrogens is 674 g/mol. The van der Waals surface area contributed by atoms with Crippen LogP contribution in [0.25, 0.3) is 0 Å². The third-order valence-corrected chi connectivity index (χ3v) is 6.58. The van der Waals surface area contributed by atoms with Gasteiger partial charge in [0, 0.05) is 12.7 Å². The molecule has 3 aromatic rings. The summed E-state index contributed by atoms with van der Waals surface area (Å²) in [7, 11) is 0. The molecule has 3 aromatic carbocycles. The van der Waals surface area contributed by atoms with Crippen molar-refractivity contribution in [1.29, 1.82) is 0 Å². The number of benzene rings is 3. The van der Waals surface area contributed by atoms with Gasteiger partial charge in [0.05, 0.1) is 39.6 Å². The SMILES string of the molecule is Ic1ccc(COC2COC(c3ccccc3)OC2)cc1.OCC(CO)OCc1ccc(I)cc1. The molecule has 4 rings (SSSR count). The number of rotatable bonds is 9. The fraction of sp³-hybridized carbons (Fsp3) is 0.333. The lowest BCUT2D eigenvalue weighted by Gasteiger charge is -2.29. The van der Waals surface area contributed by atoms with Crippen LogP contribution in [0, 0.1) is 7.14 Å². The minimum Gasteiger partial charge on any atom is -0.394 e. The summed E-state index contributed by atoms with van der Waals surface area (Å²) < 4.78 is 25.0. The van der Waals surface area contributed by atoms with Crippen LogP contribution in [0.5, 0.6) is 0 Å². The Hall–Kier alpha value is -1.12. The van der Waals surface area contributed by atoms with Crippen molar-refractivity contribution in [2.75, 3.05) is 26.4 Å². The van der Waals surface area contributed by atoms with Crippen molar-refractivity contribution in [3.8, 4) is 0 Å². The normalized spacial score (nSPS) is 17.6. The number of hydrogen-bond donors (Lipinski definition) is 2. The van der Waals surface area contributed by atoms with E-state index in [9.17, 15) is 0 Å². The molecule has 1 saturated heterocycles. The topological polar surface area (TPSA) is 77.4 Å². The number of ether oxygens (including phenoxy) is 4. The van der Waals surface area contributed by atoms with Gasteiger partial charge in [0.15, 0.2) is 6.29 Å². The van der Waals surface area contributed by atoms with Crippen molar-refractivity contribution >= 4 is 45.2 Å². The van der Waals surface area contributed by atoms with Crippen LogP contribution < -0.4 is 0 Å². The van der Waals surface area contributed by atoms with Gasteiger partial charge in [0.25, 0.3) is 0 Å². The molecule has 0 aromatic heterocycles. The fourth-order valence-electron chi connectivity index (χ4n) is 3.14. The van der Waals surface area contributed by atoms with E-state index in [4.69, 9.17) is 29.2 Å². The molecule has 0 unspecified atom stereocenters. The molecule has 0 aliphatic carbocycles. The highest BCUT2D eigenvalue weighted by molar-refractivity contribution is 14.1. The Bertz CT molecular complexity index is 957. The minimum atomic E-state index is -0.478. The van der Waals surface area contributed by atoms with Crippen LogP contribution in [-0.2, 0) is 32.2 Å². The number of aliphatic hydroxyl groups excluding tert-OH is 2. The molecule has 1 heterocycles. The van der Waals surface area contributed by atoms with Crippen LogP contribution >= 0.6 is 45.2 Å². The highest BCUT2D eigenvalue weighted by atomic mass is 127. The molecule has 0 amide bonds. The lowest BCUT2D eigenvalue weighted by molar-refractivity contribution is -0.232. The summed E-state index contributed by atoms with van der Waals surface area (Å²) in [5, 5.41) is 17.5. The number of halogens is 2. The van der Waals surface area contributed by atoms with Crippen LogP contribution in [0.1, 0.15) is 23.0 Å². The predicted octanol–water partition coefficient (Wildman–Crippen LogP) is 5.08. The van der Waals surface area contributed by atoms with Crippen molar-refractivity contribution in [3.63, 3.8) is 0 Å². The van der Waals surface area contributed by atoms with Gasteiger partial charge in [-0.3, -0.25) is 0 Å². The van der Waals surface area contributed by atoms with Crippen LogP contribution in [0.2, 0.25) is 0 Å². The van der Waals surface area contributed by atoms with Crippen LogP contribution in [-0.4, -0.2) is 48.8 Å². The Morgan fingerprint density at radius 1 is 0.743 bits per heavy atom. The summed E-state index contributed by atoms with van der Waals surface area (Å²) >= 11 is 4.53. The molecule has 8 heteroatoms. The first kappa shape index (κ1) is 28.5. The molecule has 0 bridgehead atoms. The van der Waals surface area contributed by atoms with Gasteiger partial charge in [-0.1, -0.05) is 54.6 Å². The highest BCUT2D eigenvalue weighted by Crippen LogP contribution is 2.24. The maximum atomic E-state index is 8.76. The average molecular weight is 704 g/mol. The third-order valence-electron chi connectivity index (χ3n) is 5.14. The summed E-state index contributed by atoms with van der Waals surface area (Å²) in [6.07, 6.45) is -0.761. The van der Waals surface area contributed by atoms with Gasteiger partial charge < -0.3 is 29.2 Å². The smallest absolute Gasteiger partial charge is 0.184 e. The van der Waals surface area contributed by atoms with Gasteiger partial charge in [-0.25, -0.2) is 0 Å². The number of hydrogen-bond acceptors (Lipinski definition) is 6. The van der Waals surface area contributed by atoms with Gasteiger partial charge in [0.2, 0.25) is 0 Å². The quantitative estimate of drug-likeness (QED) is 0.303. The van der Waals surface area contributed by atoms with Gasteiger partial charge in [-0.15, -0.1) is 0 Å². The van der Waals surface area contributed by atoms with Crippen molar-refractivity contribution in [2.24, 2.45) is 0 Å². The minimum absolute atomic E-state index is 0.00996. The Balaban J connectivity index is 0.000000214. The van der Waals surface area contributed by atoms with Gasteiger partial charge in [-0.05, 0) is 80.6 Å². The Kier molecular flexibility index (Phi) is 12.9. The number of aliphatic hydroxyl groups is 2. The molecule has 188 valence electrons. The summed E-state index contributed by atoms with van der Waals surface area (Å²) in [6.45, 7) is 1.82. The third kappa shape index (κ3) is 10.4. The zero-order chi connectivity index (χ0) is 24.9. The standard InChI is InChI=1S/C17H17IO3.C10H13IO3/c18-15-8-6-13(7-9-15)10-19-16-11-20-17(21-12-16)14-4-2-1-3-5-14;11-9-3-1-8(2-4-9)7-14-10(5-12)6-13/h1-9,16-17H,10-12H2;1-4,10,12-13H,5-7H2. The van der Waals surface area contributed by atoms with Crippen molar-refractivity contribution < 1.29 is 29.2 Å². The fourth-order valence-corrected chi connectivity index (χ4v) is 3.86. The second-order valence-corrected chi connectivity index (χ2v) is 10.4. The molecule has 0 saturated carbocycles. The Labute approximate surface area is 233 Å². The molecule has 2 N–H and O–H groups in total. The summed E-state index contributed by atoms with van der Waals surface area (Å²) in [5.74, 6) is 0. The average Bonchev–Trinajstić information content (AvgIpc) is 2.91. The van der Waals surface area contributed by atoms with E-state index in [2.05, 4.69) is 69.4 Å². The largest absolute Gasteiger partial charge is 0.394 e. The summed E-state index contributed by atoms with van der Waals surface area (Å²) in [5.41, 5.74) is 3.26. The Morgan fingerprint density at radius 3 is 1.77 bits per heavy atom. The zero-order valence-electron chi connectivity index (χ0n) is 19.3. The van der Waals surface area contributed by atoms with Crippen molar-refractivity contribution in [2.45, 2.75) is 31.7 Å². The molecule has 0 atom stereocenters. The lowest BCUT2D eigenvalue weighted by atomic mass is 10.2. The summed E-state index contributed by atoms with van der Waals surface area (Å²) in [6, 6.07) is 26.2. The predicted molar refractivity (Wildman–Crippen MR) is 151 cm³/mol. The van der Waals surface area contributed by atoms with E-state index in [1.165, 1.54) is 12.7 Å². The van der Waals surface area contributed by atoms with E-state index in [-0.39, 0.29) is 25.6 Å². The van der Waals surface area contributed by atoms with Crippen LogP contribution in [0.4, 0.5) is 0 Å². The first-order valence-corrected chi connectivity index (χ1v) is 13.4. The van der Waals surface area contributed by atoms with Crippen LogP contribution in [0.3, 0.4) is 0 Å². The molecule has 35 heavy (non-hydrogen) atoms. The maximum absolute atomic E-state index is 8.76. The van der Waals surface area contributed by atoms with Crippen molar-refractivity contribution in [1.82, 2.24) is 0 Å². The lowest BCUT2D eigenvalue weighted by Crippen LogP contribution is -2.33. The van der Waals surface area contributed by atoms with Crippen molar-refractivity contribution in [3.05, 3.63) is 103 Å². The second kappa shape index (κ2) is 15.9. The second-order valence-electron chi connectivity index (χ2n) is 7.89. The van der Waals surface area contributed by atoms with Gasteiger partial charge in [0.1, 0.15) is 12.2 Å². The van der Waals surface area contributed by atoms with E-state index < -0.39 is 6.10 Å². The van der Waals surface area contributed by atoms with Gasteiger partial charge >= 0.3 is 0 Å². The summed E-state index contributed by atoms with van der Waals surface area (Å²) in [4.78, 5) is 0. The zero-order valence-corrected chi connectivity index (χ0v) is 23.6. The maximum Gasteiger partial charge on any atom is 0.184 e. The monoisotopic (exact) mass is 704 g/mol. The Morgan fingerprint density at radius 2 is 1.26 bits per heavy atom. The van der Waals surface area contributed by atoms with E-state index in [1.807, 2.05) is 54.6 Å². The van der Waals surface area contributed by atoms with E-state index in [0.717, 1.165) is 11.1 Å². The van der Waals surface area contributed by atoms with Crippen LogP contribution in [0.15, 0.2) is 78.9 Å².